The lowest BCUT2D eigenvalue weighted by atomic mass is 10.1. The molecule has 82 valence electrons. The predicted octanol–water partition coefficient (Wildman–Crippen LogP) is 1.08. The quantitative estimate of drug-likeness (QED) is 0.449. The van der Waals surface area contributed by atoms with E-state index in [1.54, 1.807) is 17.8 Å². The average molecular weight is 219 g/mol. The van der Waals surface area contributed by atoms with Gasteiger partial charge < -0.3 is 10.3 Å². The SMILES string of the molecule is Cn1nc(C=NO)c2ccc(C(=O)O)cc21. The lowest BCUT2D eigenvalue weighted by Gasteiger charge is -1.96. The third-order valence-corrected chi connectivity index (χ3v) is 2.31. The number of aromatic nitrogens is 2. The molecular weight excluding hydrogens is 210 g/mol. The zero-order valence-corrected chi connectivity index (χ0v) is 8.45. The highest BCUT2D eigenvalue weighted by Gasteiger charge is 2.10. The number of carboxylic acids is 1. The van der Waals surface area contributed by atoms with Crippen molar-refractivity contribution in [2.24, 2.45) is 12.2 Å². The molecule has 0 radical (unpaired) electrons. The van der Waals surface area contributed by atoms with E-state index >= 15 is 0 Å². The second-order valence-corrected chi connectivity index (χ2v) is 3.29. The van der Waals surface area contributed by atoms with Crippen LogP contribution in [0.2, 0.25) is 0 Å². The van der Waals surface area contributed by atoms with E-state index in [2.05, 4.69) is 10.3 Å². The molecule has 1 heterocycles. The van der Waals surface area contributed by atoms with Crippen LogP contribution in [-0.2, 0) is 7.05 Å². The van der Waals surface area contributed by atoms with E-state index in [0.717, 1.165) is 5.39 Å². The van der Waals surface area contributed by atoms with Crippen molar-refractivity contribution in [3.05, 3.63) is 29.5 Å². The van der Waals surface area contributed by atoms with Crippen molar-refractivity contribution < 1.29 is 15.1 Å². The lowest BCUT2D eigenvalue weighted by Crippen LogP contribution is -1.96. The van der Waals surface area contributed by atoms with Gasteiger partial charge in [0.25, 0.3) is 0 Å². The van der Waals surface area contributed by atoms with E-state index in [1.165, 1.54) is 18.3 Å². The van der Waals surface area contributed by atoms with Crippen molar-refractivity contribution in [1.82, 2.24) is 9.78 Å². The molecular formula is C10H9N3O3. The maximum absolute atomic E-state index is 10.8. The smallest absolute Gasteiger partial charge is 0.335 e. The molecule has 0 fully saturated rings. The van der Waals surface area contributed by atoms with Crippen LogP contribution in [0, 0.1) is 0 Å². The Kier molecular flexibility index (Phi) is 2.32. The summed E-state index contributed by atoms with van der Waals surface area (Å²) in [7, 11) is 1.70. The Balaban J connectivity index is 2.71. The second kappa shape index (κ2) is 3.65. The first-order valence-corrected chi connectivity index (χ1v) is 4.51. The number of oxime groups is 1. The van der Waals surface area contributed by atoms with Gasteiger partial charge in [-0.1, -0.05) is 5.16 Å². The maximum Gasteiger partial charge on any atom is 0.335 e. The summed E-state index contributed by atoms with van der Waals surface area (Å²) >= 11 is 0. The highest BCUT2D eigenvalue weighted by Crippen LogP contribution is 2.18. The fourth-order valence-corrected chi connectivity index (χ4v) is 1.57. The molecule has 0 atom stereocenters. The van der Waals surface area contributed by atoms with Gasteiger partial charge in [0.2, 0.25) is 0 Å². The molecule has 0 saturated heterocycles. The van der Waals surface area contributed by atoms with Gasteiger partial charge in [-0.25, -0.2) is 4.79 Å². The van der Waals surface area contributed by atoms with Crippen molar-refractivity contribution in [3.63, 3.8) is 0 Å². The molecule has 0 bridgehead atoms. The normalized spacial score (nSPS) is 11.3. The summed E-state index contributed by atoms with van der Waals surface area (Å²) in [6.45, 7) is 0. The van der Waals surface area contributed by atoms with Gasteiger partial charge in [-0.15, -0.1) is 0 Å². The molecule has 2 aromatic rings. The van der Waals surface area contributed by atoms with Crippen LogP contribution in [0.3, 0.4) is 0 Å². The first-order valence-electron chi connectivity index (χ1n) is 4.51. The van der Waals surface area contributed by atoms with Crippen molar-refractivity contribution in [2.45, 2.75) is 0 Å². The van der Waals surface area contributed by atoms with E-state index in [4.69, 9.17) is 10.3 Å². The second-order valence-electron chi connectivity index (χ2n) is 3.29. The first-order chi connectivity index (χ1) is 7.63. The maximum atomic E-state index is 10.8. The number of carboxylic acid groups (broad SMARTS) is 1. The molecule has 0 amide bonds. The average Bonchev–Trinajstić information content (AvgIpc) is 2.56. The summed E-state index contributed by atoms with van der Waals surface area (Å²) in [5.74, 6) is -0.986. The topological polar surface area (TPSA) is 87.7 Å². The molecule has 0 unspecified atom stereocenters. The number of aromatic carboxylic acids is 1. The molecule has 16 heavy (non-hydrogen) atoms. The first kappa shape index (κ1) is 10.2. The third-order valence-electron chi connectivity index (χ3n) is 2.31. The summed E-state index contributed by atoms with van der Waals surface area (Å²) in [5, 5.41) is 25.1. The summed E-state index contributed by atoms with van der Waals surface area (Å²) < 4.78 is 1.54. The van der Waals surface area contributed by atoms with Gasteiger partial charge in [-0.05, 0) is 18.2 Å². The highest BCUT2D eigenvalue weighted by molar-refractivity contribution is 6.00. The van der Waals surface area contributed by atoms with Gasteiger partial charge in [0.05, 0.1) is 17.3 Å². The molecule has 0 saturated carbocycles. The van der Waals surface area contributed by atoms with Crippen LogP contribution in [0.25, 0.3) is 10.9 Å². The Labute approximate surface area is 90.4 Å². The van der Waals surface area contributed by atoms with E-state index in [0.29, 0.717) is 11.2 Å². The zero-order valence-electron chi connectivity index (χ0n) is 8.45. The van der Waals surface area contributed by atoms with Gasteiger partial charge >= 0.3 is 5.97 Å². The molecule has 0 aliphatic heterocycles. The van der Waals surface area contributed by atoms with Gasteiger partial charge in [-0.3, -0.25) is 4.68 Å². The minimum absolute atomic E-state index is 0.197. The summed E-state index contributed by atoms with van der Waals surface area (Å²) in [5.41, 5.74) is 1.37. The summed E-state index contributed by atoms with van der Waals surface area (Å²) in [6.07, 6.45) is 1.21. The number of fused-ring (bicyclic) bond motifs is 1. The number of hydrogen-bond donors (Lipinski definition) is 2. The monoisotopic (exact) mass is 219 g/mol. The lowest BCUT2D eigenvalue weighted by molar-refractivity contribution is 0.0697. The van der Waals surface area contributed by atoms with Gasteiger partial charge in [-0.2, -0.15) is 5.10 Å². The number of aryl methyl sites for hydroxylation is 1. The van der Waals surface area contributed by atoms with E-state index in [1.807, 2.05) is 0 Å². The summed E-state index contributed by atoms with van der Waals surface area (Å²) in [4.78, 5) is 10.8. The van der Waals surface area contributed by atoms with Crippen LogP contribution in [0.15, 0.2) is 23.4 Å². The van der Waals surface area contributed by atoms with E-state index in [9.17, 15) is 4.79 Å². The molecule has 6 heteroatoms. The van der Waals surface area contributed by atoms with Crippen molar-refractivity contribution in [1.29, 1.82) is 0 Å². The molecule has 6 nitrogen and oxygen atoms in total. The Morgan fingerprint density at radius 1 is 1.56 bits per heavy atom. The minimum Gasteiger partial charge on any atom is -0.478 e. The van der Waals surface area contributed by atoms with Crippen molar-refractivity contribution >= 4 is 23.1 Å². The van der Waals surface area contributed by atoms with Crippen molar-refractivity contribution in [2.75, 3.05) is 0 Å². The number of hydrogen-bond acceptors (Lipinski definition) is 4. The van der Waals surface area contributed by atoms with Gasteiger partial charge in [0, 0.05) is 12.4 Å². The molecule has 2 N–H and O–H groups in total. The minimum atomic E-state index is -0.986. The highest BCUT2D eigenvalue weighted by atomic mass is 16.4. The predicted molar refractivity (Wildman–Crippen MR) is 57.1 cm³/mol. The molecule has 1 aromatic carbocycles. The van der Waals surface area contributed by atoms with Crippen LogP contribution in [-0.4, -0.2) is 32.3 Å². The van der Waals surface area contributed by atoms with Crippen molar-refractivity contribution in [3.8, 4) is 0 Å². The van der Waals surface area contributed by atoms with E-state index in [-0.39, 0.29) is 5.56 Å². The molecule has 2 rings (SSSR count). The fraction of sp³-hybridized carbons (Fsp3) is 0.100. The Morgan fingerprint density at radius 3 is 2.94 bits per heavy atom. The van der Waals surface area contributed by atoms with Gasteiger partial charge in [0.1, 0.15) is 5.69 Å². The number of benzene rings is 1. The zero-order chi connectivity index (χ0) is 11.7. The molecule has 0 aliphatic carbocycles. The molecule has 1 aromatic heterocycles. The van der Waals surface area contributed by atoms with Crippen LogP contribution < -0.4 is 0 Å². The van der Waals surface area contributed by atoms with Gasteiger partial charge in [0.15, 0.2) is 0 Å². The third kappa shape index (κ3) is 1.50. The van der Waals surface area contributed by atoms with Crippen LogP contribution in [0.1, 0.15) is 16.1 Å². The Bertz CT molecular complexity index is 586. The molecule has 0 spiro atoms. The van der Waals surface area contributed by atoms with Crippen LogP contribution in [0.5, 0.6) is 0 Å². The largest absolute Gasteiger partial charge is 0.478 e. The van der Waals surface area contributed by atoms with Crippen LogP contribution >= 0.6 is 0 Å². The number of carbonyl (C=O) groups is 1. The number of rotatable bonds is 2. The summed E-state index contributed by atoms with van der Waals surface area (Å²) in [6, 6.07) is 4.66. The fourth-order valence-electron chi connectivity index (χ4n) is 1.57. The number of nitrogens with zero attached hydrogens (tertiary/aromatic N) is 3. The standard InChI is InChI=1S/C10H9N3O3/c1-13-9-4-6(10(14)15)2-3-7(9)8(12-13)5-11-16/h2-5,16H,1H3,(H,14,15). The molecule has 0 aliphatic rings. The Morgan fingerprint density at radius 2 is 2.31 bits per heavy atom. The van der Waals surface area contributed by atoms with Crippen LogP contribution in [0.4, 0.5) is 0 Å². The van der Waals surface area contributed by atoms with E-state index < -0.39 is 5.97 Å². The Hall–Kier alpha value is -2.37.